The van der Waals surface area contributed by atoms with Crippen LogP contribution in [0.25, 0.3) is 0 Å². The Morgan fingerprint density at radius 1 is 1.40 bits per heavy atom. The molecule has 7 nitrogen and oxygen atoms in total. The number of rotatable bonds is 5. The van der Waals surface area contributed by atoms with E-state index in [0.29, 0.717) is 49.8 Å². The van der Waals surface area contributed by atoms with Crippen molar-refractivity contribution in [2.75, 3.05) is 32.8 Å². The average molecular weight is 410 g/mol. The fraction of sp³-hybridized carbons (Fsp3) is 0.667. The number of carbonyl (C=O) groups excluding carboxylic acids is 1. The number of hydrogen-bond donors (Lipinski definition) is 2. The van der Waals surface area contributed by atoms with Gasteiger partial charge >= 0.3 is 0 Å². The predicted octanol–water partition coefficient (Wildman–Crippen LogP) is 0.818. The lowest BCUT2D eigenvalue weighted by Crippen LogP contribution is -2.49. The largest absolute Gasteiger partial charge is 0.378 e. The summed E-state index contributed by atoms with van der Waals surface area (Å²) in [4.78, 5) is 14.2. The molecule has 3 rings (SSSR count). The van der Waals surface area contributed by atoms with Crippen molar-refractivity contribution in [3.8, 4) is 0 Å². The summed E-state index contributed by atoms with van der Waals surface area (Å²) in [6.07, 6.45) is 1.72. The molecule has 25 heavy (non-hydrogen) atoms. The highest BCUT2D eigenvalue weighted by Crippen LogP contribution is 2.19. The summed E-state index contributed by atoms with van der Waals surface area (Å²) >= 11 is 1.21. The highest BCUT2D eigenvalue weighted by molar-refractivity contribution is 7.91. The zero-order valence-corrected chi connectivity index (χ0v) is 16.3. The standard InChI is InChI=1S/C15H23N3O4S2.ClH/c19-14(10-13-11-22-8-5-16-13)18-6-3-12(4-7-18)17-24(20,21)15-2-1-9-23-15;/h1-2,9,12-13,16-17H,3-8,10-11H2;1H. The number of piperidine rings is 1. The fourth-order valence-electron chi connectivity index (χ4n) is 3.03. The van der Waals surface area contributed by atoms with Gasteiger partial charge in [0.25, 0.3) is 0 Å². The van der Waals surface area contributed by atoms with E-state index in [9.17, 15) is 13.2 Å². The molecule has 0 saturated carbocycles. The molecule has 10 heteroatoms. The van der Waals surface area contributed by atoms with Gasteiger partial charge in [0.1, 0.15) is 4.21 Å². The first-order valence-electron chi connectivity index (χ1n) is 8.19. The average Bonchev–Trinajstić information content (AvgIpc) is 3.11. The molecule has 2 aliphatic rings. The molecule has 1 aromatic heterocycles. The molecule has 1 aromatic rings. The molecule has 1 atom stereocenters. The van der Waals surface area contributed by atoms with E-state index in [-0.39, 0.29) is 30.4 Å². The van der Waals surface area contributed by atoms with Crippen LogP contribution in [-0.4, -0.2) is 64.2 Å². The van der Waals surface area contributed by atoms with Gasteiger partial charge in [-0.2, -0.15) is 0 Å². The minimum atomic E-state index is -3.44. The number of likely N-dealkylation sites (tertiary alicyclic amines) is 1. The second kappa shape index (κ2) is 9.29. The van der Waals surface area contributed by atoms with Crippen LogP contribution in [0.5, 0.6) is 0 Å². The zero-order valence-electron chi connectivity index (χ0n) is 13.8. The van der Waals surface area contributed by atoms with Gasteiger partial charge < -0.3 is 15.0 Å². The summed E-state index contributed by atoms with van der Waals surface area (Å²) in [5.41, 5.74) is 0. The van der Waals surface area contributed by atoms with Crippen molar-refractivity contribution < 1.29 is 17.9 Å². The Balaban J connectivity index is 0.00000225. The first-order chi connectivity index (χ1) is 11.5. The molecule has 142 valence electrons. The van der Waals surface area contributed by atoms with Gasteiger partial charge in [-0.1, -0.05) is 6.07 Å². The van der Waals surface area contributed by atoms with E-state index in [2.05, 4.69) is 10.0 Å². The van der Waals surface area contributed by atoms with Gasteiger partial charge in [-0.15, -0.1) is 23.7 Å². The fourth-order valence-corrected chi connectivity index (χ4v) is 5.35. The van der Waals surface area contributed by atoms with Gasteiger partial charge in [0.2, 0.25) is 15.9 Å². The Morgan fingerprint density at radius 3 is 2.76 bits per heavy atom. The summed E-state index contributed by atoms with van der Waals surface area (Å²) in [7, 11) is -3.44. The van der Waals surface area contributed by atoms with Crippen molar-refractivity contribution in [1.82, 2.24) is 14.9 Å². The van der Waals surface area contributed by atoms with Gasteiger partial charge in [0, 0.05) is 38.1 Å². The Bertz CT molecular complexity index is 640. The smallest absolute Gasteiger partial charge is 0.250 e. The number of halogens is 1. The molecule has 2 aliphatic heterocycles. The van der Waals surface area contributed by atoms with E-state index in [1.807, 2.05) is 4.90 Å². The second-order valence-electron chi connectivity index (χ2n) is 6.14. The Labute approximate surface area is 158 Å². The third kappa shape index (κ3) is 5.63. The second-order valence-corrected chi connectivity index (χ2v) is 9.03. The summed E-state index contributed by atoms with van der Waals surface area (Å²) in [5, 5.41) is 5.03. The topological polar surface area (TPSA) is 87.7 Å². The van der Waals surface area contributed by atoms with Gasteiger partial charge in [0.15, 0.2) is 0 Å². The molecule has 2 fully saturated rings. The summed E-state index contributed by atoms with van der Waals surface area (Å²) < 4.78 is 32.9. The Hall–Kier alpha value is -0.710. The summed E-state index contributed by atoms with van der Waals surface area (Å²) in [5.74, 6) is 0.109. The number of nitrogens with one attached hydrogen (secondary N) is 2. The highest BCUT2D eigenvalue weighted by atomic mass is 35.5. The molecular weight excluding hydrogens is 386 g/mol. The lowest BCUT2D eigenvalue weighted by atomic mass is 10.0. The van der Waals surface area contributed by atoms with E-state index in [1.165, 1.54) is 11.3 Å². The molecule has 1 unspecified atom stereocenters. The van der Waals surface area contributed by atoms with Crippen LogP contribution < -0.4 is 10.0 Å². The van der Waals surface area contributed by atoms with Gasteiger partial charge in [-0.05, 0) is 24.3 Å². The van der Waals surface area contributed by atoms with Crippen molar-refractivity contribution >= 4 is 39.7 Å². The predicted molar refractivity (Wildman–Crippen MR) is 98.7 cm³/mol. The number of hydrogen-bond acceptors (Lipinski definition) is 6. The molecule has 2 saturated heterocycles. The molecule has 0 aromatic carbocycles. The van der Waals surface area contributed by atoms with Crippen molar-refractivity contribution in [2.24, 2.45) is 0 Å². The Morgan fingerprint density at radius 2 is 2.16 bits per heavy atom. The SMILES string of the molecule is Cl.O=C(CC1COCCN1)N1CCC(NS(=O)(=O)c2cccs2)CC1. The number of nitrogens with zero attached hydrogens (tertiary/aromatic N) is 1. The van der Waals surface area contributed by atoms with Crippen LogP contribution in [0.1, 0.15) is 19.3 Å². The van der Waals surface area contributed by atoms with Crippen LogP contribution in [-0.2, 0) is 19.6 Å². The molecule has 0 aliphatic carbocycles. The van der Waals surface area contributed by atoms with Crippen LogP contribution >= 0.6 is 23.7 Å². The number of thiophene rings is 1. The first-order valence-corrected chi connectivity index (χ1v) is 10.6. The molecule has 2 N–H and O–H groups in total. The minimum Gasteiger partial charge on any atom is -0.378 e. The molecular formula is C15H24ClN3O4S2. The van der Waals surface area contributed by atoms with Crippen LogP contribution in [0.2, 0.25) is 0 Å². The lowest BCUT2D eigenvalue weighted by molar-refractivity contribution is -0.133. The maximum atomic E-state index is 12.3. The number of sulfonamides is 1. The van der Waals surface area contributed by atoms with E-state index in [1.54, 1.807) is 17.5 Å². The number of carbonyl (C=O) groups is 1. The van der Waals surface area contributed by atoms with Crippen molar-refractivity contribution in [2.45, 2.75) is 35.6 Å². The van der Waals surface area contributed by atoms with Gasteiger partial charge in [0.05, 0.1) is 13.2 Å². The summed E-state index contributed by atoms with van der Waals surface area (Å²) in [6.45, 7) is 3.22. The molecule has 3 heterocycles. The highest BCUT2D eigenvalue weighted by Gasteiger charge is 2.28. The van der Waals surface area contributed by atoms with E-state index < -0.39 is 10.0 Å². The van der Waals surface area contributed by atoms with Crippen molar-refractivity contribution in [1.29, 1.82) is 0 Å². The third-order valence-corrected chi connectivity index (χ3v) is 7.27. The van der Waals surface area contributed by atoms with E-state index >= 15 is 0 Å². The normalized spacial score (nSPS) is 22.4. The van der Waals surface area contributed by atoms with E-state index in [0.717, 1.165) is 6.54 Å². The third-order valence-electron chi connectivity index (χ3n) is 4.35. The number of amides is 1. The molecule has 0 bridgehead atoms. The number of morpholine rings is 1. The van der Waals surface area contributed by atoms with E-state index in [4.69, 9.17) is 4.74 Å². The molecule has 1 amide bonds. The van der Waals surface area contributed by atoms with Gasteiger partial charge in [-0.3, -0.25) is 4.79 Å². The molecule has 0 spiro atoms. The maximum absolute atomic E-state index is 12.3. The van der Waals surface area contributed by atoms with Crippen LogP contribution in [0.4, 0.5) is 0 Å². The van der Waals surface area contributed by atoms with Gasteiger partial charge in [-0.25, -0.2) is 13.1 Å². The van der Waals surface area contributed by atoms with Crippen molar-refractivity contribution in [3.05, 3.63) is 17.5 Å². The first kappa shape index (κ1) is 20.6. The monoisotopic (exact) mass is 409 g/mol. The maximum Gasteiger partial charge on any atom is 0.250 e. The summed E-state index contributed by atoms with van der Waals surface area (Å²) in [6, 6.07) is 3.30. The lowest BCUT2D eigenvalue weighted by Gasteiger charge is -2.33. The zero-order chi connectivity index (χ0) is 17.0. The minimum absolute atomic E-state index is 0. The van der Waals surface area contributed by atoms with Crippen molar-refractivity contribution in [3.63, 3.8) is 0 Å². The number of ether oxygens (including phenoxy) is 1. The molecule has 0 radical (unpaired) electrons. The quantitative estimate of drug-likeness (QED) is 0.751. The van der Waals surface area contributed by atoms with Crippen LogP contribution in [0, 0.1) is 0 Å². The Kier molecular flexibility index (Phi) is 7.66. The van der Waals surface area contributed by atoms with Crippen LogP contribution in [0.3, 0.4) is 0 Å². The van der Waals surface area contributed by atoms with Crippen LogP contribution in [0.15, 0.2) is 21.7 Å².